The molecule has 3 heterocycles. The number of hydrogen-bond donors (Lipinski definition) is 1. The van der Waals surface area contributed by atoms with E-state index in [2.05, 4.69) is 18.7 Å². The van der Waals surface area contributed by atoms with Crippen molar-refractivity contribution in [3.05, 3.63) is 35.9 Å². The standard InChI is InChI=1S/C29H37NO6/c1-4-30-15-27(2)12-11-19(34-3)29-18-14-17-10-13-28(33,20(18)26(32)35-17)21(24(29)30)22(23(27)29)36-25(31)16-8-6-5-7-9-16/h5-9,17-24,33H,4,10-15H2,1-3H3/t17-,18+,19-,20+,21-,22+,23+,24+,27-,28+,29-/m0/s1. The molecule has 4 aliphatic carbocycles. The summed E-state index contributed by atoms with van der Waals surface area (Å²) in [4.78, 5) is 29.6. The normalized spacial score (nSPS) is 50.4. The lowest BCUT2D eigenvalue weighted by Gasteiger charge is -2.69. The van der Waals surface area contributed by atoms with Crippen LogP contribution in [0.15, 0.2) is 30.3 Å². The van der Waals surface area contributed by atoms with Crippen molar-refractivity contribution in [1.82, 2.24) is 4.90 Å². The second-order valence-corrected chi connectivity index (χ2v) is 12.6. The minimum absolute atomic E-state index is 0.00435. The molecule has 0 unspecified atom stereocenters. The van der Waals surface area contributed by atoms with Gasteiger partial charge in [-0.15, -0.1) is 0 Å². The fraction of sp³-hybridized carbons (Fsp3) is 0.724. The van der Waals surface area contributed by atoms with Crippen LogP contribution >= 0.6 is 0 Å². The van der Waals surface area contributed by atoms with E-state index in [9.17, 15) is 14.7 Å². The van der Waals surface area contributed by atoms with E-state index in [-0.39, 0.29) is 58.8 Å². The largest absolute Gasteiger partial charge is 0.462 e. The van der Waals surface area contributed by atoms with Crippen LogP contribution in [0.2, 0.25) is 0 Å². The fourth-order valence-corrected chi connectivity index (χ4v) is 10.5. The molecule has 1 aromatic rings. The first-order chi connectivity index (χ1) is 17.3. The van der Waals surface area contributed by atoms with E-state index in [0.29, 0.717) is 18.4 Å². The van der Waals surface area contributed by atoms with Crippen molar-refractivity contribution in [1.29, 1.82) is 0 Å². The molecule has 0 radical (unpaired) electrons. The van der Waals surface area contributed by atoms with Crippen molar-refractivity contribution < 1.29 is 28.9 Å². The van der Waals surface area contributed by atoms with Crippen LogP contribution in [0, 0.1) is 34.5 Å². The maximum Gasteiger partial charge on any atom is 0.338 e. The predicted octanol–water partition coefficient (Wildman–Crippen LogP) is 3.05. The SMILES string of the molecule is CCN1C[C@]2(C)CC[C@H](OC)[C@@]34[C@@H]5C[C@@H]6CC[C@](O)([C@@H]([C@@H](OC(=O)c7ccccc7)[C@H]23)[C@@H]14)[C@H]5C(=O)O6. The number of esters is 2. The Morgan fingerprint density at radius 2 is 2.00 bits per heavy atom. The monoisotopic (exact) mass is 495 g/mol. The van der Waals surface area contributed by atoms with Crippen molar-refractivity contribution >= 4 is 11.9 Å². The van der Waals surface area contributed by atoms with Gasteiger partial charge in [-0.05, 0) is 62.1 Å². The Kier molecular flexibility index (Phi) is 4.86. The number of likely N-dealkylation sites (tertiary alicyclic amines) is 1. The van der Waals surface area contributed by atoms with E-state index in [4.69, 9.17) is 14.2 Å². The van der Waals surface area contributed by atoms with Crippen LogP contribution in [0.25, 0.3) is 0 Å². The second-order valence-electron chi connectivity index (χ2n) is 12.6. The Hall–Kier alpha value is -1.96. The van der Waals surface area contributed by atoms with Crippen molar-refractivity contribution in [3.63, 3.8) is 0 Å². The van der Waals surface area contributed by atoms with Crippen LogP contribution in [0.4, 0.5) is 0 Å². The van der Waals surface area contributed by atoms with Crippen molar-refractivity contribution in [2.45, 2.75) is 75.9 Å². The average Bonchev–Trinajstić information content (AvgIpc) is 2.92. The minimum atomic E-state index is -1.27. The van der Waals surface area contributed by atoms with Gasteiger partial charge in [0.1, 0.15) is 12.2 Å². The highest BCUT2D eigenvalue weighted by atomic mass is 16.6. The Morgan fingerprint density at radius 1 is 1.22 bits per heavy atom. The van der Waals surface area contributed by atoms with E-state index < -0.39 is 17.6 Å². The number of piperidine rings is 1. The van der Waals surface area contributed by atoms with E-state index in [1.54, 1.807) is 19.2 Å². The summed E-state index contributed by atoms with van der Waals surface area (Å²) in [5, 5.41) is 12.6. The molecule has 7 nitrogen and oxygen atoms in total. The highest BCUT2D eigenvalue weighted by Crippen LogP contribution is 2.77. The van der Waals surface area contributed by atoms with Gasteiger partial charge in [0.2, 0.25) is 0 Å². The summed E-state index contributed by atoms with van der Waals surface area (Å²) in [5.41, 5.74) is -1.23. The second kappa shape index (κ2) is 7.55. The predicted molar refractivity (Wildman–Crippen MR) is 130 cm³/mol. The first-order valence-electron chi connectivity index (χ1n) is 13.8. The molecule has 0 amide bonds. The van der Waals surface area contributed by atoms with Gasteiger partial charge in [0.25, 0.3) is 0 Å². The molecular formula is C29H37NO6. The van der Waals surface area contributed by atoms with Crippen LogP contribution in [0.5, 0.6) is 0 Å². The van der Waals surface area contributed by atoms with Crippen molar-refractivity contribution in [2.75, 3.05) is 20.2 Å². The van der Waals surface area contributed by atoms with E-state index >= 15 is 0 Å². The van der Waals surface area contributed by atoms with Crippen LogP contribution < -0.4 is 0 Å². The molecule has 1 spiro atoms. The van der Waals surface area contributed by atoms with E-state index in [0.717, 1.165) is 32.4 Å². The lowest BCUT2D eigenvalue weighted by atomic mass is 9.42. The number of carbonyl (C=O) groups excluding carboxylic acids is 2. The Morgan fingerprint density at radius 3 is 2.72 bits per heavy atom. The topological polar surface area (TPSA) is 85.3 Å². The molecule has 4 saturated carbocycles. The molecule has 1 aromatic carbocycles. The molecule has 36 heavy (non-hydrogen) atoms. The zero-order valence-corrected chi connectivity index (χ0v) is 21.4. The zero-order chi connectivity index (χ0) is 25.0. The number of carbonyl (C=O) groups is 2. The van der Waals surface area contributed by atoms with Gasteiger partial charge in [0.15, 0.2) is 0 Å². The van der Waals surface area contributed by atoms with E-state index in [1.165, 1.54) is 0 Å². The molecule has 1 N–H and O–H groups in total. The third-order valence-corrected chi connectivity index (χ3v) is 11.3. The van der Waals surface area contributed by atoms with Gasteiger partial charge < -0.3 is 19.3 Å². The van der Waals surface area contributed by atoms with Gasteiger partial charge in [-0.25, -0.2) is 4.79 Å². The lowest BCUT2D eigenvalue weighted by Crippen LogP contribution is -2.76. The quantitative estimate of drug-likeness (QED) is 0.643. The van der Waals surface area contributed by atoms with Gasteiger partial charge in [0.05, 0.1) is 23.2 Å². The molecule has 3 aliphatic heterocycles. The molecule has 8 rings (SSSR count). The molecule has 11 atom stereocenters. The molecular weight excluding hydrogens is 458 g/mol. The first kappa shape index (κ1) is 23.2. The molecule has 0 aromatic heterocycles. The summed E-state index contributed by atoms with van der Waals surface area (Å²) in [5.74, 6) is -1.62. The van der Waals surface area contributed by atoms with Gasteiger partial charge in [0, 0.05) is 36.9 Å². The fourth-order valence-electron chi connectivity index (χ4n) is 10.5. The Labute approximate surface area is 212 Å². The molecule has 194 valence electrons. The number of nitrogens with zero attached hydrogens (tertiary/aromatic N) is 1. The minimum Gasteiger partial charge on any atom is -0.462 e. The van der Waals surface area contributed by atoms with Crippen LogP contribution in [0.3, 0.4) is 0 Å². The summed E-state index contributed by atoms with van der Waals surface area (Å²) in [6.07, 6.45) is 3.10. The maximum atomic E-state index is 13.5. The number of methoxy groups -OCH3 is 1. The Bertz CT molecular complexity index is 1090. The highest BCUT2D eigenvalue weighted by Gasteiger charge is 2.85. The lowest BCUT2D eigenvalue weighted by molar-refractivity contribution is -0.269. The number of rotatable bonds is 4. The molecule has 7 aliphatic rings. The third kappa shape index (κ3) is 2.60. The number of aliphatic hydroxyl groups is 1. The van der Waals surface area contributed by atoms with Crippen molar-refractivity contribution in [2.24, 2.45) is 34.5 Å². The van der Waals surface area contributed by atoms with Crippen molar-refractivity contribution in [3.8, 4) is 0 Å². The zero-order valence-electron chi connectivity index (χ0n) is 21.4. The molecule has 9 bridgehead atoms. The third-order valence-electron chi connectivity index (χ3n) is 11.3. The summed E-state index contributed by atoms with van der Waals surface area (Å²) in [6, 6.07) is 9.13. The molecule has 7 fully saturated rings. The molecule has 7 heteroatoms. The summed E-state index contributed by atoms with van der Waals surface area (Å²) in [6.45, 7) is 6.29. The van der Waals surface area contributed by atoms with E-state index in [1.807, 2.05) is 18.2 Å². The molecule has 3 saturated heterocycles. The van der Waals surface area contributed by atoms with Crippen LogP contribution in [0.1, 0.15) is 56.3 Å². The number of benzene rings is 1. The number of hydrogen-bond acceptors (Lipinski definition) is 7. The van der Waals surface area contributed by atoms with Gasteiger partial charge in [-0.3, -0.25) is 9.69 Å². The smallest absolute Gasteiger partial charge is 0.338 e. The van der Waals surface area contributed by atoms with Gasteiger partial charge >= 0.3 is 11.9 Å². The average molecular weight is 496 g/mol. The number of fused-ring (bicyclic) bond motifs is 2. The number of ether oxygens (including phenoxy) is 3. The van der Waals surface area contributed by atoms with Gasteiger partial charge in [-0.1, -0.05) is 32.0 Å². The van der Waals surface area contributed by atoms with Gasteiger partial charge in [-0.2, -0.15) is 0 Å². The van der Waals surface area contributed by atoms with Crippen LogP contribution in [-0.4, -0.2) is 72.1 Å². The first-order valence-corrected chi connectivity index (χ1v) is 13.8. The van der Waals surface area contributed by atoms with Crippen LogP contribution in [-0.2, 0) is 19.0 Å². The Balaban J connectivity index is 1.46. The highest BCUT2D eigenvalue weighted by molar-refractivity contribution is 5.89. The summed E-state index contributed by atoms with van der Waals surface area (Å²) >= 11 is 0. The summed E-state index contributed by atoms with van der Waals surface area (Å²) in [7, 11) is 1.79. The maximum absolute atomic E-state index is 13.5. The summed E-state index contributed by atoms with van der Waals surface area (Å²) < 4.78 is 18.7.